The Kier molecular flexibility index (Phi) is 2.25. The summed E-state index contributed by atoms with van der Waals surface area (Å²) in [6.45, 7) is 1.98. The molecule has 0 saturated carbocycles. The average molecular weight is 164 g/mol. The van der Waals surface area contributed by atoms with Gasteiger partial charge in [0.1, 0.15) is 0 Å². The van der Waals surface area contributed by atoms with Gasteiger partial charge in [0, 0.05) is 5.57 Å². The van der Waals surface area contributed by atoms with Crippen LogP contribution in [0.3, 0.4) is 0 Å². The molecule has 1 atom stereocenters. The first-order chi connectivity index (χ1) is 5.00. The summed E-state index contributed by atoms with van der Waals surface area (Å²) in [6, 6.07) is 0. The van der Waals surface area contributed by atoms with Gasteiger partial charge in [0.15, 0.2) is 0 Å². The number of allylic oxidation sites excluding steroid dienone is 2. The summed E-state index contributed by atoms with van der Waals surface area (Å²) in [5.74, 6) is 0.418. The van der Waals surface area contributed by atoms with Crippen molar-refractivity contribution in [1.29, 1.82) is 0 Å². The third-order valence-electron chi connectivity index (χ3n) is 2.04. The Labute approximate surface area is 64.1 Å². The van der Waals surface area contributed by atoms with Crippen LogP contribution in [0.1, 0.15) is 26.2 Å². The van der Waals surface area contributed by atoms with Crippen LogP contribution in [0.2, 0.25) is 0 Å². The second kappa shape index (κ2) is 2.88. The van der Waals surface area contributed by atoms with Gasteiger partial charge in [-0.2, -0.15) is 13.2 Å². The molecule has 0 heterocycles. The van der Waals surface area contributed by atoms with Crippen molar-refractivity contribution >= 4 is 0 Å². The quantitative estimate of drug-likeness (QED) is 0.482. The maximum absolute atomic E-state index is 12.0. The van der Waals surface area contributed by atoms with Gasteiger partial charge in [-0.3, -0.25) is 0 Å². The molecule has 0 amide bonds. The van der Waals surface area contributed by atoms with Crippen LogP contribution in [0, 0.1) is 5.92 Å². The first kappa shape index (κ1) is 8.62. The van der Waals surface area contributed by atoms with E-state index in [0.717, 1.165) is 0 Å². The van der Waals surface area contributed by atoms with Gasteiger partial charge in [0.2, 0.25) is 0 Å². The van der Waals surface area contributed by atoms with Gasteiger partial charge in [-0.25, -0.2) is 0 Å². The number of alkyl halides is 3. The van der Waals surface area contributed by atoms with E-state index in [0.29, 0.717) is 18.8 Å². The summed E-state index contributed by atoms with van der Waals surface area (Å²) in [5, 5.41) is 0. The molecule has 1 rings (SSSR count). The number of rotatable bonds is 0. The number of hydrogen-bond acceptors (Lipinski definition) is 0. The fraction of sp³-hybridized carbons (Fsp3) is 0.750. The van der Waals surface area contributed by atoms with Crippen LogP contribution >= 0.6 is 0 Å². The molecule has 0 unspecified atom stereocenters. The topological polar surface area (TPSA) is 0 Å². The number of halogens is 3. The van der Waals surface area contributed by atoms with Gasteiger partial charge in [-0.15, -0.1) is 0 Å². The van der Waals surface area contributed by atoms with Crippen molar-refractivity contribution in [1.82, 2.24) is 0 Å². The van der Waals surface area contributed by atoms with E-state index in [-0.39, 0.29) is 12.0 Å². The molecule has 3 heteroatoms. The zero-order chi connectivity index (χ0) is 8.48. The van der Waals surface area contributed by atoms with Crippen LogP contribution in [-0.2, 0) is 0 Å². The highest BCUT2D eigenvalue weighted by Crippen LogP contribution is 2.34. The molecule has 0 N–H and O–H groups in total. The summed E-state index contributed by atoms with van der Waals surface area (Å²) in [6.07, 6.45) is -1.31. The monoisotopic (exact) mass is 164 g/mol. The van der Waals surface area contributed by atoms with E-state index in [9.17, 15) is 13.2 Å². The van der Waals surface area contributed by atoms with Gasteiger partial charge in [-0.05, 0) is 25.2 Å². The SMILES string of the molecule is C[C@@H]1CC=C(C(F)(F)F)CC1. The molecule has 1 aliphatic rings. The molecule has 0 saturated heterocycles. The maximum Gasteiger partial charge on any atom is 0.412 e. The van der Waals surface area contributed by atoms with Crippen molar-refractivity contribution < 1.29 is 13.2 Å². The summed E-state index contributed by atoms with van der Waals surface area (Å²) in [5.41, 5.74) is -0.337. The lowest BCUT2D eigenvalue weighted by Crippen LogP contribution is -2.16. The van der Waals surface area contributed by atoms with Crippen LogP contribution in [0.4, 0.5) is 13.2 Å². The minimum Gasteiger partial charge on any atom is -0.166 e. The fourth-order valence-electron chi connectivity index (χ4n) is 1.22. The predicted octanol–water partition coefficient (Wildman–Crippen LogP) is 3.30. The van der Waals surface area contributed by atoms with Crippen molar-refractivity contribution in [2.24, 2.45) is 5.92 Å². The van der Waals surface area contributed by atoms with E-state index >= 15 is 0 Å². The van der Waals surface area contributed by atoms with E-state index in [1.54, 1.807) is 0 Å². The van der Waals surface area contributed by atoms with E-state index in [1.807, 2.05) is 6.92 Å². The zero-order valence-electron chi connectivity index (χ0n) is 6.41. The molecule has 0 aromatic carbocycles. The summed E-state index contributed by atoms with van der Waals surface area (Å²) >= 11 is 0. The molecule has 0 aromatic rings. The highest BCUT2D eigenvalue weighted by molar-refractivity contribution is 5.11. The Balaban J connectivity index is 2.62. The van der Waals surface area contributed by atoms with Gasteiger partial charge in [0.25, 0.3) is 0 Å². The molecule has 0 spiro atoms. The Hall–Kier alpha value is -0.470. The summed E-state index contributed by atoms with van der Waals surface area (Å²) in [4.78, 5) is 0. The van der Waals surface area contributed by atoms with Crippen molar-refractivity contribution in [3.63, 3.8) is 0 Å². The maximum atomic E-state index is 12.0. The first-order valence-electron chi connectivity index (χ1n) is 3.76. The minimum absolute atomic E-state index is 0.199. The van der Waals surface area contributed by atoms with Gasteiger partial charge >= 0.3 is 6.18 Å². The highest BCUT2D eigenvalue weighted by atomic mass is 19.4. The van der Waals surface area contributed by atoms with E-state index in [2.05, 4.69) is 0 Å². The Morgan fingerprint density at radius 1 is 1.45 bits per heavy atom. The predicted molar refractivity (Wildman–Crippen MR) is 37.2 cm³/mol. The second-order valence-electron chi connectivity index (χ2n) is 3.11. The molecule has 1 aliphatic carbocycles. The third kappa shape index (κ3) is 2.24. The van der Waals surface area contributed by atoms with Crippen LogP contribution in [0.15, 0.2) is 11.6 Å². The molecule has 11 heavy (non-hydrogen) atoms. The smallest absolute Gasteiger partial charge is 0.166 e. The third-order valence-corrected chi connectivity index (χ3v) is 2.04. The molecule has 0 aromatic heterocycles. The Morgan fingerprint density at radius 2 is 2.09 bits per heavy atom. The second-order valence-corrected chi connectivity index (χ2v) is 3.11. The van der Waals surface area contributed by atoms with E-state index in [4.69, 9.17) is 0 Å². The lowest BCUT2D eigenvalue weighted by molar-refractivity contribution is -0.0955. The van der Waals surface area contributed by atoms with Gasteiger partial charge < -0.3 is 0 Å². The Bertz CT molecular complexity index is 167. The lowest BCUT2D eigenvalue weighted by Gasteiger charge is -2.19. The standard InChI is InChI=1S/C8H11F3/c1-6-2-4-7(5-3-6)8(9,10)11/h4,6H,2-3,5H2,1H3/t6-/m1/s1. The largest absolute Gasteiger partial charge is 0.412 e. The fourth-order valence-corrected chi connectivity index (χ4v) is 1.22. The first-order valence-corrected chi connectivity index (χ1v) is 3.76. The summed E-state index contributed by atoms with van der Waals surface area (Å²) < 4.78 is 36.0. The van der Waals surface area contributed by atoms with Gasteiger partial charge in [-0.1, -0.05) is 13.0 Å². The number of hydrogen-bond donors (Lipinski definition) is 0. The van der Waals surface area contributed by atoms with Gasteiger partial charge in [0.05, 0.1) is 0 Å². The van der Waals surface area contributed by atoms with Crippen LogP contribution in [0.25, 0.3) is 0 Å². The summed E-state index contributed by atoms with van der Waals surface area (Å²) in [7, 11) is 0. The molecule has 0 bridgehead atoms. The van der Waals surface area contributed by atoms with Crippen molar-refractivity contribution in [2.45, 2.75) is 32.4 Å². The van der Waals surface area contributed by atoms with E-state index in [1.165, 1.54) is 6.08 Å². The molecule has 0 nitrogen and oxygen atoms in total. The van der Waals surface area contributed by atoms with Crippen molar-refractivity contribution in [3.05, 3.63) is 11.6 Å². The normalized spacial score (nSPS) is 26.5. The van der Waals surface area contributed by atoms with Crippen molar-refractivity contribution in [3.8, 4) is 0 Å². The molecular formula is C8H11F3. The molecule has 0 radical (unpaired) electrons. The van der Waals surface area contributed by atoms with Crippen LogP contribution < -0.4 is 0 Å². The highest BCUT2D eigenvalue weighted by Gasteiger charge is 2.34. The Morgan fingerprint density at radius 3 is 2.45 bits per heavy atom. The average Bonchev–Trinajstić information content (AvgIpc) is 1.86. The lowest BCUT2D eigenvalue weighted by atomic mass is 9.91. The van der Waals surface area contributed by atoms with Crippen molar-refractivity contribution in [2.75, 3.05) is 0 Å². The zero-order valence-corrected chi connectivity index (χ0v) is 6.41. The van der Waals surface area contributed by atoms with Crippen LogP contribution in [-0.4, -0.2) is 6.18 Å². The molecular weight excluding hydrogens is 153 g/mol. The molecule has 64 valence electrons. The van der Waals surface area contributed by atoms with Crippen LogP contribution in [0.5, 0.6) is 0 Å². The van der Waals surface area contributed by atoms with E-state index < -0.39 is 6.18 Å². The minimum atomic E-state index is -4.08. The molecule has 0 aliphatic heterocycles. The molecule has 0 fully saturated rings.